The topological polar surface area (TPSA) is 46.2 Å². The molecule has 0 aliphatic carbocycles. The van der Waals surface area contributed by atoms with E-state index in [0.29, 0.717) is 0 Å². The molecule has 1 N–H and O–H groups in total. The van der Waals surface area contributed by atoms with Crippen LogP contribution in [-0.4, -0.2) is 15.5 Å². The van der Waals surface area contributed by atoms with Gasteiger partial charge in [-0.25, -0.2) is 13.1 Å². The second-order valence-corrected chi connectivity index (χ2v) is 3.10. The quantitative estimate of drug-likeness (QED) is 0.637. The van der Waals surface area contributed by atoms with Crippen molar-refractivity contribution in [1.29, 1.82) is 0 Å². The molecule has 0 radical (unpaired) electrons. The average molecular weight is 187 g/mol. The Balaban J connectivity index is 0.000000217. The standard InChI is InChI=1S/C7H8.CH5NO2S/c1-7-5-3-2-4-6-7;1-2-5(3)4/h2-6H,1H3;5H,1H3,(H,2,3,4). The number of thiol groups is 1. The molecule has 12 heavy (non-hydrogen) atoms. The van der Waals surface area contributed by atoms with Gasteiger partial charge >= 0.3 is 0 Å². The first kappa shape index (κ1) is 11.1. The van der Waals surface area contributed by atoms with Gasteiger partial charge in [0.15, 0.2) is 0 Å². The van der Waals surface area contributed by atoms with E-state index in [0.717, 1.165) is 0 Å². The molecule has 1 aromatic rings. The molecule has 0 bridgehead atoms. The summed E-state index contributed by atoms with van der Waals surface area (Å²) in [5, 5.41) is 0. The Morgan fingerprint density at radius 1 is 1.17 bits per heavy atom. The molecule has 0 spiro atoms. The Morgan fingerprint density at radius 2 is 1.58 bits per heavy atom. The van der Waals surface area contributed by atoms with Crippen LogP contribution in [0.5, 0.6) is 0 Å². The first-order valence-corrected chi connectivity index (χ1v) is 4.68. The molecule has 0 aromatic heterocycles. The van der Waals surface area contributed by atoms with Gasteiger partial charge in [-0.2, -0.15) is 0 Å². The van der Waals surface area contributed by atoms with Crippen LogP contribution >= 0.6 is 0 Å². The summed E-state index contributed by atoms with van der Waals surface area (Å²) in [6.07, 6.45) is 0. The second-order valence-electron chi connectivity index (χ2n) is 2.14. The van der Waals surface area contributed by atoms with Crippen LogP contribution in [0.1, 0.15) is 5.56 Å². The van der Waals surface area contributed by atoms with Gasteiger partial charge in [0.2, 0.25) is 10.9 Å². The largest absolute Gasteiger partial charge is 0.221 e. The van der Waals surface area contributed by atoms with Crippen LogP contribution in [-0.2, 0) is 10.9 Å². The Hall–Kier alpha value is -0.870. The molecule has 3 nitrogen and oxygen atoms in total. The van der Waals surface area contributed by atoms with Crippen molar-refractivity contribution < 1.29 is 8.42 Å². The summed E-state index contributed by atoms with van der Waals surface area (Å²) < 4.78 is 20.6. The molecular formula is C8H13NO2S. The first-order chi connectivity index (χ1) is 5.66. The Kier molecular flexibility index (Phi) is 6.32. The maximum Gasteiger partial charge on any atom is 0.201 e. The van der Waals surface area contributed by atoms with E-state index >= 15 is 0 Å². The molecule has 0 saturated heterocycles. The van der Waals surface area contributed by atoms with Gasteiger partial charge in [-0.1, -0.05) is 35.9 Å². The van der Waals surface area contributed by atoms with Crippen molar-refractivity contribution in [3.8, 4) is 0 Å². The van der Waals surface area contributed by atoms with Crippen LogP contribution in [0, 0.1) is 6.92 Å². The summed E-state index contributed by atoms with van der Waals surface area (Å²) in [4.78, 5) is 0. The van der Waals surface area contributed by atoms with E-state index in [1.54, 1.807) is 0 Å². The summed E-state index contributed by atoms with van der Waals surface area (Å²) in [5.74, 6) is 0. The highest BCUT2D eigenvalue weighted by molar-refractivity contribution is 7.70. The van der Waals surface area contributed by atoms with Crippen LogP contribution in [0.15, 0.2) is 30.3 Å². The molecule has 1 rings (SSSR count). The fourth-order valence-electron chi connectivity index (χ4n) is 0.534. The molecule has 0 unspecified atom stereocenters. The highest BCUT2D eigenvalue weighted by Gasteiger charge is 1.72. The molecule has 0 saturated carbocycles. The molecular weight excluding hydrogens is 174 g/mol. The van der Waals surface area contributed by atoms with Gasteiger partial charge in [0, 0.05) is 0 Å². The lowest BCUT2D eigenvalue weighted by Crippen LogP contribution is -1.99. The van der Waals surface area contributed by atoms with E-state index in [4.69, 9.17) is 0 Å². The third kappa shape index (κ3) is 7.24. The van der Waals surface area contributed by atoms with Gasteiger partial charge in [0.05, 0.1) is 0 Å². The Morgan fingerprint density at radius 3 is 1.75 bits per heavy atom. The van der Waals surface area contributed by atoms with Crippen LogP contribution in [0.4, 0.5) is 0 Å². The summed E-state index contributed by atoms with van der Waals surface area (Å²) in [7, 11) is -0.995. The van der Waals surface area contributed by atoms with Crippen molar-refractivity contribution >= 4 is 10.9 Å². The Labute approximate surface area is 74.5 Å². The molecule has 0 atom stereocenters. The average Bonchev–Trinajstić information content (AvgIpc) is 2.07. The zero-order valence-electron chi connectivity index (χ0n) is 7.15. The minimum absolute atomic E-state index is 1.32. The van der Waals surface area contributed by atoms with Crippen molar-refractivity contribution in [2.75, 3.05) is 7.05 Å². The van der Waals surface area contributed by atoms with Gasteiger partial charge in [0.25, 0.3) is 0 Å². The second kappa shape index (κ2) is 6.82. The predicted molar refractivity (Wildman–Crippen MR) is 50.6 cm³/mol. The summed E-state index contributed by atoms with van der Waals surface area (Å²) in [6.45, 7) is 2.08. The van der Waals surface area contributed by atoms with E-state index in [1.807, 2.05) is 22.9 Å². The van der Waals surface area contributed by atoms with Crippen molar-refractivity contribution in [2.24, 2.45) is 0 Å². The monoisotopic (exact) mass is 187 g/mol. The summed E-state index contributed by atoms with van der Waals surface area (Å²) >= 11 is 0. The highest BCUT2D eigenvalue weighted by Crippen LogP contribution is 1.92. The van der Waals surface area contributed by atoms with Crippen LogP contribution in [0.3, 0.4) is 0 Å². The summed E-state index contributed by atoms with van der Waals surface area (Å²) in [5.41, 5.74) is 1.32. The maximum absolute atomic E-state index is 9.29. The molecule has 68 valence electrons. The van der Waals surface area contributed by atoms with E-state index < -0.39 is 10.9 Å². The number of hydrogen-bond acceptors (Lipinski definition) is 2. The van der Waals surface area contributed by atoms with Crippen LogP contribution < -0.4 is 4.72 Å². The minimum atomic E-state index is -2.35. The smallest absolute Gasteiger partial charge is 0.201 e. The number of nitrogens with one attached hydrogen (secondary N) is 1. The normalized spacial score (nSPS) is 8.92. The molecule has 0 aliphatic rings. The molecule has 0 fully saturated rings. The SMILES string of the molecule is CN[SH](=O)=O.Cc1ccccc1. The number of aryl methyl sites for hydroxylation is 1. The molecule has 0 heterocycles. The third-order valence-corrected chi connectivity index (χ3v) is 1.49. The molecule has 0 aliphatic heterocycles. The maximum atomic E-state index is 9.29. The fraction of sp³-hybridized carbons (Fsp3) is 0.250. The number of benzene rings is 1. The van der Waals surface area contributed by atoms with Crippen molar-refractivity contribution in [2.45, 2.75) is 6.92 Å². The van der Waals surface area contributed by atoms with Crippen LogP contribution in [0.2, 0.25) is 0 Å². The molecule has 0 amide bonds. The van der Waals surface area contributed by atoms with Crippen molar-refractivity contribution in [3.05, 3.63) is 35.9 Å². The summed E-state index contributed by atoms with van der Waals surface area (Å²) in [6, 6.07) is 10.3. The highest BCUT2D eigenvalue weighted by atomic mass is 32.2. The number of hydrogen-bond donors (Lipinski definition) is 2. The minimum Gasteiger partial charge on any atom is -0.221 e. The number of rotatable bonds is 1. The zero-order valence-corrected chi connectivity index (χ0v) is 8.04. The van der Waals surface area contributed by atoms with Gasteiger partial charge in [-0.3, -0.25) is 0 Å². The fourth-order valence-corrected chi connectivity index (χ4v) is 0.534. The third-order valence-electron chi connectivity index (χ3n) is 1.12. The first-order valence-electron chi connectivity index (χ1n) is 3.50. The van der Waals surface area contributed by atoms with Gasteiger partial charge in [-0.15, -0.1) is 0 Å². The van der Waals surface area contributed by atoms with Crippen molar-refractivity contribution in [3.63, 3.8) is 0 Å². The van der Waals surface area contributed by atoms with Gasteiger partial charge in [-0.05, 0) is 14.0 Å². The van der Waals surface area contributed by atoms with E-state index in [1.165, 1.54) is 12.6 Å². The molecule has 1 aromatic carbocycles. The van der Waals surface area contributed by atoms with E-state index in [-0.39, 0.29) is 0 Å². The van der Waals surface area contributed by atoms with E-state index in [9.17, 15) is 8.42 Å². The van der Waals surface area contributed by atoms with Gasteiger partial charge in [0.1, 0.15) is 0 Å². The lowest BCUT2D eigenvalue weighted by Gasteiger charge is -1.82. The lowest BCUT2D eigenvalue weighted by molar-refractivity contribution is 0.608. The molecule has 4 heteroatoms. The van der Waals surface area contributed by atoms with Crippen LogP contribution in [0.25, 0.3) is 0 Å². The lowest BCUT2D eigenvalue weighted by atomic mass is 10.2. The van der Waals surface area contributed by atoms with Crippen molar-refractivity contribution in [1.82, 2.24) is 4.72 Å². The zero-order chi connectivity index (χ0) is 9.40. The van der Waals surface area contributed by atoms with Gasteiger partial charge < -0.3 is 0 Å². The van der Waals surface area contributed by atoms with E-state index in [2.05, 4.69) is 19.1 Å². The Bertz CT molecular complexity index is 262. The predicted octanol–water partition coefficient (Wildman–Crippen LogP) is 0.727.